The maximum Gasteiger partial charge on any atom is 0.376 e. The number of oxazole rings is 1. The van der Waals surface area contributed by atoms with Crippen LogP contribution in [0.5, 0.6) is 0 Å². The Balaban J connectivity index is 1.95. The molecule has 4 nitrogen and oxygen atoms in total. The number of esters is 1. The number of carbonyl (C=O) groups excluding carboxylic acids is 1. The first-order chi connectivity index (χ1) is 9.30. The Labute approximate surface area is 119 Å². The van der Waals surface area contributed by atoms with Crippen molar-refractivity contribution in [3.05, 3.63) is 17.3 Å². The molecule has 3 rings (SSSR count). The van der Waals surface area contributed by atoms with Gasteiger partial charge in [0.25, 0.3) is 0 Å². The molecule has 1 heterocycles. The fourth-order valence-corrected chi connectivity index (χ4v) is 3.26. The zero-order chi connectivity index (χ0) is 14.7. The second-order valence-electron chi connectivity index (χ2n) is 7.14. The lowest BCUT2D eigenvalue weighted by atomic mass is 10.0. The average Bonchev–Trinajstić information content (AvgIpc) is 3.19. The van der Waals surface area contributed by atoms with Gasteiger partial charge in [0.2, 0.25) is 5.76 Å². The minimum Gasteiger partial charge on any atom is -0.460 e. The molecule has 1 aromatic heterocycles. The van der Waals surface area contributed by atoms with Gasteiger partial charge in [0.15, 0.2) is 5.89 Å². The van der Waals surface area contributed by atoms with Crippen LogP contribution in [-0.4, -0.2) is 17.6 Å². The van der Waals surface area contributed by atoms with Crippen molar-refractivity contribution in [2.75, 3.05) is 6.61 Å². The fourth-order valence-electron chi connectivity index (χ4n) is 3.26. The Morgan fingerprint density at radius 2 is 1.90 bits per heavy atom. The molecule has 0 spiro atoms. The number of ether oxygens (including phenoxy) is 1. The van der Waals surface area contributed by atoms with E-state index in [1.165, 1.54) is 0 Å². The lowest BCUT2D eigenvalue weighted by Gasteiger charge is -2.03. The molecule has 0 unspecified atom stereocenters. The summed E-state index contributed by atoms with van der Waals surface area (Å²) in [6.07, 6.45) is 2.19. The lowest BCUT2D eigenvalue weighted by molar-refractivity contribution is 0.0486. The Morgan fingerprint density at radius 3 is 2.35 bits per heavy atom. The highest BCUT2D eigenvalue weighted by Gasteiger charge is 2.67. The summed E-state index contributed by atoms with van der Waals surface area (Å²) in [5.74, 6) is 1.34. The van der Waals surface area contributed by atoms with Crippen molar-refractivity contribution >= 4 is 5.97 Å². The summed E-state index contributed by atoms with van der Waals surface area (Å²) < 4.78 is 10.9. The molecular weight excluding hydrogens is 254 g/mol. The lowest BCUT2D eigenvalue weighted by Crippen LogP contribution is -2.05. The smallest absolute Gasteiger partial charge is 0.376 e. The zero-order valence-electron chi connectivity index (χ0n) is 12.9. The molecule has 2 fully saturated rings. The summed E-state index contributed by atoms with van der Waals surface area (Å²) in [7, 11) is 0. The molecule has 0 bridgehead atoms. The average molecular weight is 277 g/mol. The minimum atomic E-state index is -0.371. The van der Waals surface area contributed by atoms with E-state index < -0.39 is 0 Å². The van der Waals surface area contributed by atoms with Crippen molar-refractivity contribution < 1.29 is 13.9 Å². The van der Waals surface area contributed by atoms with Crippen LogP contribution >= 0.6 is 0 Å². The molecule has 0 saturated heterocycles. The first-order valence-corrected chi connectivity index (χ1v) is 7.48. The highest BCUT2D eigenvalue weighted by Crippen LogP contribution is 2.73. The number of hydrogen-bond donors (Lipinski definition) is 0. The highest BCUT2D eigenvalue weighted by atomic mass is 16.5. The topological polar surface area (TPSA) is 52.3 Å². The summed E-state index contributed by atoms with van der Waals surface area (Å²) in [6.45, 7) is 11.1. The van der Waals surface area contributed by atoms with Crippen LogP contribution in [-0.2, 0) is 4.74 Å². The molecular formula is C16H23NO3. The quantitative estimate of drug-likeness (QED) is 0.784. The molecule has 0 aliphatic heterocycles. The summed E-state index contributed by atoms with van der Waals surface area (Å²) >= 11 is 0. The van der Waals surface area contributed by atoms with Crippen molar-refractivity contribution in [1.29, 1.82) is 0 Å². The summed E-state index contributed by atoms with van der Waals surface area (Å²) in [5, 5.41) is 0. The van der Waals surface area contributed by atoms with E-state index in [1.807, 2.05) is 0 Å². The predicted molar refractivity (Wildman–Crippen MR) is 74.7 cm³/mol. The Bertz CT molecular complexity index is 538. The number of aromatic nitrogens is 1. The van der Waals surface area contributed by atoms with Gasteiger partial charge < -0.3 is 9.15 Å². The van der Waals surface area contributed by atoms with E-state index in [0.29, 0.717) is 24.2 Å². The molecule has 110 valence electrons. The van der Waals surface area contributed by atoms with Crippen LogP contribution in [0.1, 0.15) is 81.4 Å². The molecule has 20 heavy (non-hydrogen) atoms. The van der Waals surface area contributed by atoms with Gasteiger partial charge in [-0.1, -0.05) is 27.7 Å². The maximum absolute atomic E-state index is 12.0. The molecule has 4 heteroatoms. The predicted octanol–water partition coefficient (Wildman–Crippen LogP) is 3.88. The third-order valence-corrected chi connectivity index (χ3v) is 5.36. The number of nitrogens with zero attached hydrogens (tertiary/aromatic N) is 1. The normalized spacial score (nSPS) is 23.6. The molecule has 2 aliphatic carbocycles. The number of rotatable bonds is 4. The van der Waals surface area contributed by atoms with E-state index in [1.54, 1.807) is 6.92 Å². The van der Waals surface area contributed by atoms with Crippen molar-refractivity contribution in [1.82, 2.24) is 4.98 Å². The molecule has 0 aromatic carbocycles. The third-order valence-electron chi connectivity index (χ3n) is 5.36. The van der Waals surface area contributed by atoms with E-state index in [9.17, 15) is 4.79 Å². The van der Waals surface area contributed by atoms with Gasteiger partial charge in [-0.2, -0.15) is 0 Å². The van der Waals surface area contributed by atoms with Gasteiger partial charge in [0.05, 0.1) is 12.3 Å². The summed E-state index contributed by atoms with van der Waals surface area (Å²) in [4.78, 5) is 16.7. The molecule has 0 radical (unpaired) electrons. The van der Waals surface area contributed by atoms with Crippen LogP contribution in [0.3, 0.4) is 0 Å². The SMILES string of the molecule is CCOC(=O)c1oc(C2C(C)(C)C2(C)C)nc1C1CC1. The van der Waals surface area contributed by atoms with Gasteiger partial charge in [-0.15, -0.1) is 0 Å². The van der Waals surface area contributed by atoms with Crippen LogP contribution in [0, 0.1) is 10.8 Å². The van der Waals surface area contributed by atoms with Gasteiger partial charge in [0, 0.05) is 11.8 Å². The Hall–Kier alpha value is -1.32. The van der Waals surface area contributed by atoms with Crippen molar-refractivity contribution in [3.8, 4) is 0 Å². The van der Waals surface area contributed by atoms with Crippen LogP contribution in [0.15, 0.2) is 4.42 Å². The van der Waals surface area contributed by atoms with Gasteiger partial charge >= 0.3 is 5.97 Å². The van der Waals surface area contributed by atoms with Crippen LogP contribution in [0.2, 0.25) is 0 Å². The van der Waals surface area contributed by atoms with Gasteiger partial charge in [0.1, 0.15) is 0 Å². The van der Waals surface area contributed by atoms with Gasteiger partial charge in [-0.25, -0.2) is 9.78 Å². The third kappa shape index (κ3) is 1.80. The molecule has 0 amide bonds. The van der Waals surface area contributed by atoms with Gasteiger partial charge in [-0.3, -0.25) is 0 Å². The van der Waals surface area contributed by atoms with Crippen molar-refractivity contribution in [2.45, 2.75) is 59.3 Å². The van der Waals surface area contributed by atoms with Gasteiger partial charge in [-0.05, 0) is 30.6 Å². The molecule has 2 aliphatic rings. The Morgan fingerprint density at radius 1 is 1.30 bits per heavy atom. The highest BCUT2D eigenvalue weighted by molar-refractivity contribution is 5.87. The molecule has 0 atom stereocenters. The van der Waals surface area contributed by atoms with E-state index in [-0.39, 0.29) is 22.7 Å². The first kappa shape index (κ1) is 13.7. The molecule has 1 aromatic rings. The van der Waals surface area contributed by atoms with E-state index in [2.05, 4.69) is 32.7 Å². The Kier molecular flexibility index (Phi) is 2.79. The van der Waals surface area contributed by atoms with Crippen LogP contribution in [0.25, 0.3) is 0 Å². The number of carbonyl (C=O) groups is 1. The molecule has 2 saturated carbocycles. The monoisotopic (exact) mass is 277 g/mol. The summed E-state index contributed by atoms with van der Waals surface area (Å²) in [5.41, 5.74) is 1.13. The first-order valence-electron chi connectivity index (χ1n) is 7.48. The largest absolute Gasteiger partial charge is 0.460 e. The maximum atomic E-state index is 12.0. The van der Waals surface area contributed by atoms with Crippen molar-refractivity contribution in [2.24, 2.45) is 10.8 Å². The van der Waals surface area contributed by atoms with Crippen molar-refractivity contribution in [3.63, 3.8) is 0 Å². The fraction of sp³-hybridized carbons (Fsp3) is 0.750. The molecule has 0 N–H and O–H groups in total. The zero-order valence-corrected chi connectivity index (χ0v) is 12.9. The van der Waals surface area contributed by atoms with E-state index in [0.717, 1.165) is 18.5 Å². The van der Waals surface area contributed by atoms with Crippen LogP contribution < -0.4 is 0 Å². The number of hydrogen-bond acceptors (Lipinski definition) is 4. The van der Waals surface area contributed by atoms with Crippen LogP contribution in [0.4, 0.5) is 0 Å². The van der Waals surface area contributed by atoms with E-state index >= 15 is 0 Å². The van der Waals surface area contributed by atoms with E-state index in [4.69, 9.17) is 9.15 Å². The second kappa shape index (κ2) is 4.09. The minimum absolute atomic E-state index is 0.157. The standard InChI is InChI=1S/C16H23NO3/c1-6-19-14(18)11-10(9-7-8-9)17-13(20-11)12-15(2,3)16(12,4)5/h9,12H,6-8H2,1-5H3. The summed E-state index contributed by atoms with van der Waals surface area (Å²) in [6, 6.07) is 0. The second-order valence-corrected chi connectivity index (χ2v) is 7.14.